The lowest BCUT2D eigenvalue weighted by Gasteiger charge is -2.37. The minimum atomic E-state index is -1.09. The van der Waals surface area contributed by atoms with E-state index >= 15 is 0 Å². The molecule has 4 rings (SSSR count). The Labute approximate surface area is 244 Å². The van der Waals surface area contributed by atoms with Crippen LogP contribution in [0.2, 0.25) is 0 Å². The van der Waals surface area contributed by atoms with E-state index in [-0.39, 0.29) is 30.8 Å². The fraction of sp³-hybridized carbons (Fsp3) is 0.312. The number of ether oxygens (including phenoxy) is 2. The number of nitrogens with two attached hydrogens (primary N) is 1. The fourth-order valence-corrected chi connectivity index (χ4v) is 4.91. The number of nitrogens with one attached hydrogen (secondary N) is 1. The van der Waals surface area contributed by atoms with Crippen LogP contribution in [0.4, 0.5) is 10.5 Å². The number of benzene rings is 3. The van der Waals surface area contributed by atoms with Crippen molar-refractivity contribution in [2.45, 2.75) is 57.8 Å². The number of hydrogen-bond acceptors (Lipinski definition) is 8. The number of aromatic hydroxyl groups is 1. The molecule has 0 fully saturated rings. The smallest absolute Gasteiger partial charge is 0.411 e. The molecule has 0 saturated heterocycles. The first-order chi connectivity index (χ1) is 19.9. The van der Waals surface area contributed by atoms with Crippen molar-refractivity contribution in [1.29, 1.82) is 5.26 Å². The Hall–Kier alpha value is -5.04. The van der Waals surface area contributed by atoms with Crippen LogP contribution >= 0.6 is 0 Å². The molecule has 10 heteroatoms. The molecule has 0 aliphatic carbocycles. The Morgan fingerprint density at radius 3 is 2.48 bits per heavy atom. The average Bonchev–Trinajstić information content (AvgIpc) is 2.95. The maximum absolute atomic E-state index is 13.7. The standard InChI is InChI=1S/C32H34N4O6/c1-32(2,3)42-31(40)36-18-23-16-28(37)25(34)14-21(23)15-27(36)29(38)35-26(30(39)41-4)13-19-10-11-24(22(12-19)17-33)20-8-6-5-7-9-20/h5-12,14,16,26-27,37H,13,15,18,34H2,1-4H3,(H,35,38)/t26-,27-/m0/s1. The monoisotopic (exact) mass is 570 g/mol. The van der Waals surface area contributed by atoms with Crippen LogP contribution in [-0.4, -0.2) is 52.8 Å². The Bertz CT molecular complexity index is 1540. The zero-order valence-electron chi connectivity index (χ0n) is 24.0. The van der Waals surface area contributed by atoms with E-state index in [0.29, 0.717) is 22.3 Å². The van der Waals surface area contributed by atoms with Gasteiger partial charge in [0.2, 0.25) is 5.91 Å². The minimum absolute atomic E-state index is 0.00839. The maximum Gasteiger partial charge on any atom is 0.411 e. The normalized spacial score (nSPS) is 15.1. The summed E-state index contributed by atoms with van der Waals surface area (Å²) < 4.78 is 10.5. The van der Waals surface area contributed by atoms with Crippen LogP contribution in [-0.2, 0) is 38.4 Å². The second-order valence-electron chi connectivity index (χ2n) is 11.2. The molecular formula is C32H34N4O6. The van der Waals surface area contributed by atoms with E-state index < -0.39 is 35.7 Å². The first-order valence-electron chi connectivity index (χ1n) is 13.5. The number of esters is 1. The second-order valence-corrected chi connectivity index (χ2v) is 11.2. The van der Waals surface area contributed by atoms with Crippen LogP contribution in [0.1, 0.15) is 43.0 Å². The number of methoxy groups -OCH3 is 1. The van der Waals surface area contributed by atoms with Gasteiger partial charge in [0, 0.05) is 12.8 Å². The number of nitrogen functional groups attached to an aromatic ring is 1. The van der Waals surface area contributed by atoms with E-state index in [1.165, 1.54) is 18.1 Å². The maximum atomic E-state index is 13.7. The van der Waals surface area contributed by atoms with Crippen molar-refractivity contribution in [2.75, 3.05) is 12.8 Å². The number of anilines is 1. The zero-order valence-corrected chi connectivity index (χ0v) is 24.0. The summed E-state index contributed by atoms with van der Waals surface area (Å²) in [6.45, 7) is 5.15. The van der Waals surface area contributed by atoms with Gasteiger partial charge in [-0.1, -0.05) is 42.5 Å². The zero-order chi connectivity index (χ0) is 30.6. The van der Waals surface area contributed by atoms with Crippen LogP contribution in [0.3, 0.4) is 0 Å². The molecule has 10 nitrogen and oxygen atoms in total. The number of rotatable bonds is 6. The highest BCUT2D eigenvalue weighted by Gasteiger charge is 2.39. The first kappa shape index (κ1) is 29.9. The SMILES string of the molecule is COC(=O)[C@H](Cc1ccc(-c2ccccc2)c(C#N)c1)NC(=O)[C@@H]1Cc2cc(N)c(O)cc2CN1C(=O)OC(C)(C)C. The van der Waals surface area contributed by atoms with Crippen molar-refractivity contribution in [3.63, 3.8) is 0 Å². The predicted molar refractivity (Wildman–Crippen MR) is 156 cm³/mol. The van der Waals surface area contributed by atoms with Gasteiger partial charge in [-0.25, -0.2) is 9.59 Å². The van der Waals surface area contributed by atoms with Crippen LogP contribution in [0, 0.1) is 11.3 Å². The van der Waals surface area contributed by atoms with E-state index in [1.807, 2.05) is 36.4 Å². The summed E-state index contributed by atoms with van der Waals surface area (Å²) in [5, 5.41) is 22.7. The molecule has 0 spiro atoms. The van der Waals surface area contributed by atoms with Crippen LogP contribution in [0.5, 0.6) is 5.75 Å². The van der Waals surface area contributed by atoms with Gasteiger partial charge >= 0.3 is 12.1 Å². The molecule has 2 atom stereocenters. The van der Waals surface area contributed by atoms with Gasteiger partial charge in [-0.3, -0.25) is 9.69 Å². The molecule has 1 aliphatic heterocycles. The summed E-state index contributed by atoms with van der Waals surface area (Å²) in [7, 11) is 1.22. The number of phenols is 1. The van der Waals surface area contributed by atoms with Crippen LogP contribution in [0.25, 0.3) is 11.1 Å². The largest absolute Gasteiger partial charge is 0.506 e. The predicted octanol–water partition coefficient (Wildman–Crippen LogP) is 4.08. The van der Waals surface area contributed by atoms with E-state index in [4.69, 9.17) is 15.2 Å². The van der Waals surface area contributed by atoms with Crippen LogP contribution in [0.15, 0.2) is 60.7 Å². The molecule has 1 heterocycles. The number of fused-ring (bicyclic) bond motifs is 1. The van der Waals surface area contributed by atoms with Gasteiger partial charge in [0.25, 0.3) is 0 Å². The molecule has 218 valence electrons. The summed E-state index contributed by atoms with van der Waals surface area (Å²) in [6.07, 6.45) is -0.573. The summed E-state index contributed by atoms with van der Waals surface area (Å²) in [4.78, 5) is 41.0. The lowest BCUT2D eigenvalue weighted by Crippen LogP contribution is -2.56. The van der Waals surface area contributed by atoms with Gasteiger partial charge in [-0.15, -0.1) is 0 Å². The highest BCUT2D eigenvalue weighted by molar-refractivity contribution is 5.90. The lowest BCUT2D eigenvalue weighted by atomic mass is 9.92. The fourth-order valence-electron chi connectivity index (χ4n) is 4.91. The van der Waals surface area contributed by atoms with Gasteiger partial charge < -0.3 is 25.6 Å². The van der Waals surface area contributed by atoms with Gasteiger partial charge in [-0.05, 0) is 66.8 Å². The third kappa shape index (κ3) is 6.81. The summed E-state index contributed by atoms with van der Waals surface area (Å²) in [5.41, 5.74) is 9.25. The number of amides is 2. The van der Waals surface area contributed by atoms with Crippen LogP contribution < -0.4 is 11.1 Å². The Morgan fingerprint density at radius 1 is 1.12 bits per heavy atom. The van der Waals surface area contributed by atoms with Crippen molar-refractivity contribution >= 4 is 23.7 Å². The quantitative estimate of drug-likeness (QED) is 0.228. The highest BCUT2D eigenvalue weighted by atomic mass is 16.6. The molecule has 4 N–H and O–H groups in total. The molecule has 0 bridgehead atoms. The third-order valence-corrected chi connectivity index (χ3v) is 6.94. The van der Waals surface area contributed by atoms with E-state index in [0.717, 1.165) is 11.1 Å². The topological polar surface area (TPSA) is 155 Å². The first-order valence-corrected chi connectivity index (χ1v) is 13.5. The molecule has 1 aliphatic rings. The lowest BCUT2D eigenvalue weighted by molar-refractivity contribution is -0.145. The second kappa shape index (κ2) is 12.2. The van der Waals surface area contributed by atoms with Crippen molar-refractivity contribution in [3.8, 4) is 22.9 Å². The van der Waals surface area contributed by atoms with Gasteiger partial charge in [-0.2, -0.15) is 5.26 Å². The number of nitrogens with zero attached hydrogens (tertiary/aromatic N) is 2. The van der Waals surface area contributed by atoms with E-state index in [2.05, 4.69) is 11.4 Å². The van der Waals surface area contributed by atoms with Crippen molar-refractivity contribution in [1.82, 2.24) is 10.2 Å². The average molecular weight is 571 g/mol. The molecule has 2 amide bonds. The number of hydrogen-bond donors (Lipinski definition) is 3. The minimum Gasteiger partial charge on any atom is -0.506 e. The molecule has 3 aromatic rings. The molecular weight excluding hydrogens is 536 g/mol. The summed E-state index contributed by atoms with van der Waals surface area (Å²) >= 11 is 0. The van der Waals surface area contributed by atoms with Gasteiger partial charge in [0.15, 0.2) is 0 Å². The van der Waals surface area contributed by atoms with Crippen molar-refractivity contribution in [2.24, 2.45) is 0 Å². The van der Waals surface area contributed by atoms with Crippen molar-refractivity contribution < 1.29 is 29.0 Å². The molecule has 0 saturated carbocycles. The Kier molecular flexibility index (Phi) is 8.71. The molecule has 0 unspecified atom stereocenters. The Balaban J connectivity index is 1.61. The number of carbonyl (C=O) groups is 3. The third-order valence-electron chi connectivity index (χ3n) is 6.94. The molecule has 0 aromatic heterocycles. The summed E-state index contributed by atoms with van der Waals surface area (Å²) in [6, 6.07) is 17.9. The number of phenolic OH excluding ortho intramolecular Hbond substituents is 1. The Morgan fingerprint density at radius 2 is 1.83 bits per heavy atom. The van der Waals surface area contributed by atoms with E-state index in [1.54, 1.807) is 39.0 Å². The molecule has 0 radical (unpaired) electrons. The van der Waals surface area contributed by atoms with Crippen molar-refractivity contribution in [3.05, 3.63) is 82.9 Å². The highest BCUT2D eigenvalue weighted by Crippen LogP contribution is 2.32. The van der Waals surface area contributed by atoms with Gasteiger partial charge in [0.05, 0.1) is 31.0 Å². The summed E-state index contributed by atoms with van der Waals surface area (Å²) in [5.74, 6) is -1.39. The van der Waals surface area contributed by atoms with E-state index in [9.17, 15) is 24.8 Å². The number of nitriles is 1. The van der Waals surface area contributed by atoms with Gasteiger partial charge in [0.1, 0.15) is 23.4 Å². The molecule has 3 aromatic carbocycles. The molecule has 42 heavy (non-hydrogen) atoms. The number of carbonyl (C=O) groups excluding carboxylic acids is 3.